The number of hydrogen-bond acceptors (Lipinski definition) is 8. The molecule has 0 saturated carbocycles. The monoisotopic (exact) mass is 285 g/mol. The number of hydrogen-bond donors (Lipinski definition) is 4. The molecule has 0 radical (unpaired) electrons. The third-order valence-electron chi connectivity index (χ3n) is 2.68. The predicted molar refractivity (Wildman–Crippen MR) is 66.8 cm³/mol. The van der Waals surface area contributed by atoms with Crippen molar-refractivity contribution in [1.82, 2.24) is 18.9 Å². The van der Waals surface area contributed by atoms with E-state index < -0.39 is 37.8 Å². The second-order valence-corrected chi connectivity index (χ2v) is 4.00. The zero-order valence-electron chi connectivity index (χ0n) is 10.5. The fourth-order valence-electron chi connectivity index (χ4n) is 1.72. The molecule has 10 heteroatoms. The number of rotatable bonds is 6. The Balaban J connectivity index is 2.42. The average molecular weight is 285 g/mol. The molecule has 0 saturated heterocycles. The first-order chi connectivity index (χ1) is 9.60. The van der Waals surface area contributed by atoms with Gasteiger partial charge < -0.3 is 25.8 Å². The summed E-state index contributed by atoms with van der Waals surface area (Å²) >= 11 is 0. The molecule has 20 heavy (non-hydrogen) atoms. The molecule has 0 bridgehead atoms. The maximum atomic E-state index is 11.6. The topological polar surface area (TPSA) is 148 Å². The van der Waals surface area contributed by atoms with Gasteiger partial charge in [-0.3, -0.25) is 4.57 Å². The number of nitrogens with two attached hydrogens (primary N) is 1. The lowest BCUT2D eigenvalue weighted by molar-refractivity contribution is -0.110. The Bertz CT molecular complexity index is 634. The van der Waals surface area contributed by atoms with Crippen LogP contribution >= 0.6 is 0 Å². The first-order valence-corrected chi connectivity index (χ1v) is 5.81. The van der Waals surface area contributed by atoms with Crippen molar-refractivity contribution < 1.29 is 20.1 Å². The minimum absolute atomic E-state index is 0.135. The lowest BCUT2D eigenvalue weighted by Gasteiger charge is -2.22. The van der Waals surface area contributed by atoms with Crippen LogP contribution in [0.1, 0.15) is 6.23 Å². The third-order valence-corrected chi connectivity index (χ3v) is 2.68. The standard InChI is InChI=1S/C10H15N5O5/c11-8-12-9-14(1-2-15(9)10(19)13-8)7(5-18)20-6(3-16)4-17/h1-2,6-7,16-18H,3-5H2,(H2,11,13,19). The first-order valence-electron chi connectivity index (χ1n) is 5.81. The molecule has 0 aliphatic rings. The SMILES string of the molecule is Nc1nc(=O)n2ccn(C(CO)OC(CO)CO)c2n1. The van der Waals surface area contributed by atoms with Gasteiger partial charge in [-0.25, -0.2) is 9.20 Å². The van der Waals surface area contributed by atoms with Crippen molar-refractivity contribution in [2.75, 3.05) is 25.6 Å². The lowest BCUT2D eigenvalue weighted by atomic mass is 10.4. The Morgan fingerprint density at radius 1 is 1.20 bits per heavy atom. The van der Waals surface area contributed by atoms with E-state index in [1.54, 1.807) is 0 Å². The van der Waals surface area contributed by atoms with Gasteiger partial charge in [0, 0.05) is 12.4 Å². The first kappa shape index (κ1) is 14.4. The summed E-state index contributed by atoms with van der Waals surface area (Å²) in [5, 5.41) is 27.4. The van der Waals surface area contributed by atoms with Crippen LogP contribution in [0.15, 0.2) is 17.2 Å². The predicted octanol–water partition coefficient (Wildman–Crippen LogP) is -2.67. The van der Waals surface area contributed by atoms with E-state index in [1.165, 1.54) is 17.0 Å². The molecule has 2 heterocycles. The molecule has 2 rings (SSSR count). The second kappa shape index (κ2) is 5.96. The van der Waals surface area contributed by atoms with Crippen LogP contribution in [0.3, 0.4) is 0 Å². The van der Waals surface area contributed by atoms with Crippen molar-refractivity contribution in [3.8, 4) is 0 Å². The van der Waals surface area contributed by atoms with Gasteiger partial charge in [-0.2, -0.15) is 9.97 Å². The molecular weight excluding hydrogens is 270 g/mol. The Kier molecular flexibility index (Phi) is 4.29. The molecule has 1 atom stereocenters. The highest BCUT2D eigenvalue weighted by Gasteiger charge is 2.19. The summed E-state index contributed by atoms with van der Waals surface area (Å²) in [5.41, 5.74) is 4.81. The van der Waals surface area contributed by atoms with E-state index in [1.807, 2.05) is 0 Å². The van der Waals surface area contributed by atoms with Gasteiger partial charge in [-0.1, -0.05) is 0 Å². The van der Waals surface area contributed by atoms with E-state index in [0.717, 1.165) is 4.40 Å². The van der Waals surface area contributed by atoms with Gasteiger partial charge in [-0.05, 0) is 0 Å². The van der Waals surface area contributed by atoms with Crippen molar-refractivity contribution >= 4 is 11.7 Å². The molecule has 110 valence electrons. The van der Waals surface area contributed by atoms with Crippen LogP contribution in [0.4, 0.5) is 5.95 Å². The van der Waals surface area contributed by atoms with Crippen LogP contribution in [0.5, 0.6) is 0 Å². The number of ether oxygens (including phenoxy) is 1. The molecule has 10 nitrogen and oxygen atoms in total. The van der Waals surface area contributed by atoms with Gasteiger partial charge >= 0.3 is 5.69 Å². The van der Waals surface area contributed by atoms with Crippen molar-refractivity contribution in [3.05, 3.63) is 22.9 Å². The number of aromatic nitrogens is 4. The van der Waals surface area contributed by atoms with Crippen molar-refractivity contribution in [3.63, 3.8) is 0 Å². The molecule has 2 aromatic heterocycles. The maximum absolute atomic E-state index is 11.6. The Morgan fingerprint density at radius 3 is 2.50 bits per heavy atom. The van der Waals surface area contributed by atoms with Gasteiger partial charge in [0.05, 0.1) is 19.8 Å². The molecule has 5 N–H and O–H groups in total. The van der Waals surface area contributed by atoms with E-state index in [-0.39, 0.29) is 11.7 Å². The normalized spacial score (nSPS) is 13.2. The quantitative estimate of drug-likeness (QED) is 0.449. The van der Waals surface area contributed by atoms with E-state index in [4.69, 9.17) is 20.7 Å². The van der Waals surface area contributed by atoms with Crippen LogP contribution in [0.2, 0.25) is 0 Å². The number of aliphatic hydroxyl groups excluding tert-OH is 3. The zero-order chi connectivity index (χ0) is 14.7. The summed E-state index contributed by atoms with van der Waals surface area (Å²) in [6.45, 7) is -1.27. The number of fused-ring (bicyclic) bond motifs is 1. The second-order valence-electron chi connectivity index (χ2n) is 4.00. The van der Waals surface area contributed by atoms with Crippen molar-refractivity contribution in [1.29, 1.82) is 0 Å². The van der Waals surface area contributed by atoms with E-state index in [9.17, 15) is 9.90 Å². The Hall–Kier alpha value is -2.01. The summed E-state index contributed by atoms with van der Waals surface area (Å²) in [5.74, 6) is -0.0660. The fraction of sp³-hybridized carbons (Fsp3) is 0.500. The largest absolute Gasteiger partial charge is 0.394 e. The van der Waals surface area contributed by atoms with Gasteiger partial charge in [0.2, 0.25) is 11.7 Å². The summed E-state index contributed by atoms with van der Waals surface area (Å²) in [7, 11) is 0. The van der Waals surface area contributed by atoms with E-state index in [0.29, 0.717) is 0 Å². The minimum atomic E-state index is -0.932. The smallest absolute Gasteiger partial charge is 0.357 e. The highest BCUT2D eigenvalue weighted by Crippen LogP contribution is 2.14. The van der Waals surface area contributed by atoms with Crippen LogP contribution in [-0.2, 0) is 4.74 Å². The van der Waals surface area contributed by atoms with Crippen LogP contribution in [0.25, 0.3) is 5.78 Å². The van der Waals surface area contributed by atoms with E-state index >= 15 is 0 Å². The Labute approximate surface area is 112 Å². The van der Waals surface area contributed by atoms with Gasteiger partial charge in [0.25, 0.3) is 0 Å². The summed E-state index contributed by atoms with van der Waals surface area (Å²) in [4.78, 5) is 19.0. The van der Waals surface area contributed by atoms with Gasteiger partial charge in [-0.15, -0.1) is 0 Å². The number of anilines is 1. The molecule has 0 fully saturated rings. The molecule has 0 aliphatic carbocycles. The number of aliphatic hydroxyl groups is 3. The van der Waals surface area contributed by atoms with Gasteiger partial charge in [0.15, 0.2) is 6.23 Å². The number of imidazole rings is 1. The highest BCUT2D eigenvalue weighted by molar-refractivity contribution is 5.34. The van der Waals surface area contributed by atoms with Crippen molar-refractivity contribution in [2.24, 2.45) is 0 Å². The molecular formula is C10H15N5O5. The number of nitrogens with zero attached hydrogens (tertiary/aromatic N) is 4. The van der Waals surface area contributed by atoms with Crippen molar-refractivity contribution in [2.45, 2.75) is 12.3 Å². The van der Waals surface area contributed by atoms with Crippen LogP contribution < -0.4 is 11.4 Å². The van der Waals surface area contributed by atoms with Gasteiger partial charge in [0.1, 0.15) is 6.10 Å². The molecule has 0 aromatic carbocycles. The molecule has 1 unspecified atom stereocenters. The maximum Gasteiger partial charge on any atom is 0.357 e. The summed E-state index contributed by atoms with van der Waals surface area (Å²) in [6, 6.07) is 0. The van der Waals surface area contributed by atoms with E-state index in [2.05, 4.69) is 9.97 Å². The summed E-state index contributed by atoms with van der Waals surface area (Å²) < 4.78 is 7.82. The molecule has 0 amide bonds. The summed E-state index contributed by atoms with van der Waals surface area (Å²) in [6.07, 6.45) is 1.06. The highest BCUT2D eigenvalue weighted by atomic mass is 16.5. The third kappa shape index (κ3) is 2.63. The zero-order valence-corrected chi connectivity index (χ0v) is 10.5. The lowest BCUT2D eigenvalue weighted by Crippen LogP contribution is -2.29. The number of nitrogen functional groups attached to an aromatic ring is 1. The molecule has 2 aromatic rings. The molecule has 0 spiro atoms. The minimum Gasteiger partial charge on any atom is -0.394 e. The fourth-order valence-corrected chi connectivity index (χ4v) is 1.72. The molecule has 0 aliphatic heterocycles. The average Bonchev–Trinajstić information content (AvgIpc) is 2.84. The Morgan fingerprint density at radius 2 is 1.90 bits per heavy atom. The van der Waals surface area contributed by atoms with Crippen LogP contribution in [-0.4, -0.2) is 60.2 Å². The van der Waals surface area contributed by atoms with Crippen LogP contribution in [0, 0.1) is 0 Å².